The van der Waals surface area contributed by atoms with E-state index >= 15 is 0 Å². The van der Waals surface area contributed by atoms with E-state index in [9.17, 15) is 0 Å². The van der Waals surface area contributed by atoms with Gasteiger partial charge in [0.1, 0.15) is 0 Å². The smallest absolute Gasteiger partial charge is 0.0616 e. The molecule has 82 valence electrons. The molecule has 2 rings (SSSR count). The van der Waals surface area contributed by atoms with Crippen molar-refractivity contribution in [1.82, 2.24) is 5.32 Å². The van der Waals surface area contributed by atoms with Crippen molar-refractivity contribution in [2.45, 2.75) is 31.8 Å². The molecule has 2 nitrogen and oxygen atoms in total. The quantitative estimate of drug-likeness (QED) is 0.818. The first kappa shape index (κ1) is 10.7. The zero-order valence-electron chi connectivity index (χ0n) is 9.49. The third-order valence-corrected chi connectivity index (χ3v) is 3.17. The minimum Gasteiger partial charge on any atom is -0.383 e. The van der Waals surface area contributed by atoms with Gasteiger partial charge in [-0.25, -0.2) is 0 Å². The fraction of sp³-hybridized carbons (Fsp3) is 0.538. The zero-order valence-corrected chi connectivity index (χ0v) is 9.49. The lowest BCUT2D eigenvalue weighted by Crippen LogP contribution is -2.28. The minimum absolute atomic E-state index is 0.520. The first-order valence-corrected chi connectivity index (χ1v) is 5.62. The van der Waals surface area contributed by atoms with Crippen molar-refractivity contribution in [2.75, 3.05) is 13.7 Å². The van der Waals surface area contributed by atoms with Crippen molar-refractivity contribution in [3.63, 3.8) is 0 Å². The van der Waals surface area contributed by atoms with Crippen molar-refractivity contribution in [3.05, 3.63) is 35.4 Å². The Morgan fingerprint density at radius 1 is 1.33 bits per heavy atom. The summed E-state index contributed by atoms with van der Waals surface area (Å²) in [5, 5.41) is 3.62. The molecule has 2 heteroatoms. The molecule has 0 spiro atoms. The van der Waals surface area contributed by atoms with Crippen LogP contribution in [-0.4, -0.2) is 19.8 Å². The highest BCUT2D eigenvalue weighted by atomic mass is 16.5. The van der Waals surface area contributed by atoms with Gasteiger partial charge < -0.3 is 10.1 Å². The Bertz CT molecular complexity index is 324. The number of methoxy groups -OCH3 is 1. The van der Waals surface area contributed by atoms with E-state index in [4.69, 9.17) is 4.74 Å². The summed E-state index contributed by atoms with van der Waals surface area (Å²) in [7, 11) is 1.77. The van der Waals surface area contributed by atoms with Crippen LogP contribution in [0.2, 0.25) is 0 Å². The number of benzene rings is 1. The summed E-state index contributed by atoms with van der Waals surface area (Å²) in [6, 6.07) is 9.67. The van der Waals surface area contributed by atoms with Crippen LogP contribution in [0, 0.1) is 6.92 Å². The maximum atomic E-state index is 5.18. The van der Waals surface area contributed by atoms with Crippen LogP contribution in [0.3, 0.4) is 0 Å². The van der Waals surface area contributed by atoms with Gasteiger partial charge in [-0.1, -0.05) is 24.3 Å². The number of hydrogen-bond donors (Lipinski definition) is 1. The molecule has 1 N–H and O–H groups in total. The fourth-order valence-corrected chi connectivity index (χ4v) is 2.37. The topological polar surface area (TPSA) is 21.3 Å². The molecule has 0 amide bonds. The third-order valence-electron chi connectivity index (χ3n) is 3.17. The molecule has 0 aromatic heterocycles. The van der Waals surface area contributed by atoms with Gasteiger partial charge in [-0.3, -0.25) is 0 Å². The molecule has 1 aliphatic heterocycles. The molecule has 0 aliphatic carbocycles. The van der Waals surface area contributed by atoms with E-state index in [-0.39, 0.29) is 0 Å². The average Bonchev–Trinajstić information content (AvgIpc) is 2.68. The van der Waals surface area contributed by atoms with Crippen LogP contribution in [0.4, 0.5) is 0 Å². The van der Waals surface area contributed by atoms with Gasteiger partial charge >= 0.3 is 0 Å². The number of rotatable bonds is 3. The second kappa shape index (κ2) is 4.77. The van der Waals surface area contributed by atoms with Crippen LogP contribution < -0.4 is 5.32 Å². The fourth-order valence-electron chi connectivity index (χ4n) is 2.37. The Morgan fingerprint density at radius 2 is 2.13 bits per heavy atom. The lowest BCUT2D eigenvalue weighted by molar-refractivity contribution is 0.172. The summed E-state index contributed by atoms with van der Waals surface area (Å²) < 4.78 is 5.18. The highest BCUT2D eigenvalue weighted by Crippen LogP contribution is 2.28. The maximum Gasteiger partial charge on any atom is 0.0616 e. The molecule has 2 unspecified atom stereocenters. The molecule has 0 saturated carbocycles. The standard InChI is InChI=1S/C13H19NO/c1-10-5-3-4-6-12(10)13-8-7-11(14-13)9-15-2/h3-6,11,13-14H,7-9H2,1-2H3. The largest absolute Gasteiger partial charge is 0.383 e. The summed E-state index contributed by atoms with van der Waals surface area (Å²) in [6.07, 6.45) is 2.44. The van der Waals surface area contributed by atoms with Gasteiger partial charge in [0.15, 0.2) is 0 Å². The molecular weight excluding hydrogens is 186 g/mol. The Morgan fingerprint density at radius 3 is 2.87 bits per heavy atom. The molecule has 0 bridgehead atoms. The summed E-state index contributed by atoms with van der Waals surface area (Å²) in [5.74, 6) is 0. The van der Waals surface area contributed by atoms with Crippen molar-refractivity contribution >= 4 is 0 Å². The Hall–Kier alpha value is -0.860. The van der Waals surface area contributed by atoms with Crippen LogP contribution in [0.5, 0.6) is 0 Å². The second-order valence-electron chi connectivity index (χ2n) is 4.31. The van der Waals surface area contributed by atoms with Gasteiger partial charge in [-0.05, 0) is 30.9 Å². The molecule has 1 heterocycles. The van der Waals surface area contributed by atoms with Gasteiger partial charge in [0, 0.05) is 19.2 Å². The van der Waals surface area contributed by atoms with Gasteiger partial charge in [-0.15, -0.1) is 0 Å². The normalized spacial score (nSPS) is 25.7. The predicted molar refractivity (Wildman–Crippen MR) is 62.0 cm³/mol. The predicted octanol–water partition coefficient (Wildman–Crippen LogP) is 2.43. The maximum absolute atomic E-state index is 5.18. The third kappa shape index (κ3) is 2.39. The molecule has 2 atom stereocenters. The zero-order chi connectivity index (χ0) is 10.7. The second-order valence-corrected chi connectivity index (χ2v) is 4.31. The molecule has 0 radical (unpaired) electrons. The molecule has 1 fully saturated rings. The first-order valence-electron chi connectivity index (χ1n) is 5.62. The van der Waals surface area contributed by atoms with E-state index in [1.165, 1.54) is 24.0 Å². The Balaban J connectivity index is 2.04. The van der Waals surface area contributed by atoms with E-state index < -0.39 is 0 Å². The number of aryl methyl sites for hydroxylation is 1. The molecule has 1 aromatic carbocycles. The molecule has 1 aliphatic rings. The SMILES string of the molecule is COCC1CCC(c2ccccc2C)N1. The molecular formula is C13H19NO. The van der Waals surface area contributed by atoms with E-state index in [0.717, 1.165) is 6.61 Å². The minimum atomic E-state index is 0.520. The summed E-state index contributed by atoms with van der Waals surface area (Å²) >= 11 is 0. The van der Waals surface area contributed by atoms with Crippen LogP contribution in [0.25, 0.3) is 0 Å². The average molecular weight is 205 g/mol. The highest BCUT2D eigenvalue weighted by molar-refractivity contribution is 5.29. The number of ether oxygens (including phenoxy) is 1. The summed E-state index contributed by atoms with van der Waals surface area (Å²) in [6.45, 7) is 3.00. The van der Waals surface area contributed by atoms with Gasteiger partial charge in [-0.2, -0.15) is 0 Å². The van der Waals surface area contributed by atoms with Crippen molar-refractivity contribution in [3.8, 4) is 0 Å². The monoisotopic (exact) mass is 205 g/mol. The molecule has 15 heavy (non-hydrogen) atoms. The van der Waals surface area contributed by atoms with Crippen molar-refractivity contribution in [2.24, 2.45) is 0 Å². The van der Waals surface area contributed by atoms with E-state index in [2.05, 4.69) is 36.5 Å². The van der Waals surface area contributed by atoms with Gasteiger partial charge in [0.25, 0.3) is 0 Å². The van der Waals surface area contributed by atoms with E-state index in [1.54, 1.807) is 7.11 Å². The van der Waals surface area contributed by atoms with Crippen molar-refractivity contribution in [1.29, 1.82) is 0 Å². The summed E-state index contributed by atoms with van der Waals surface area (Å²) in [4.78, 5) is 0. The van der Waals surface area contributed by atoms with Gasteiger partial charge in [0.05, 0.1) is 6.61 Å². The summed E-state index contributed by atoms with van der Waals surface area (Å²) in [5.41, 5.74) is 2.82. The lowest BCUT2D eigenvalue weighted by Gasteiger charge is -2.16. The van der Waals surface area contributed by atoms with Crippen LogP contribution >= 0.6 is 0 Å². The van der Waals surface area contributed by atoms with Crippen LogP contribution in [-0.2, 0) is 4.74 Å². The Labute approximate surface area is 91.6 Å². The number of hydrogen-bond acceptors (Lipinski definition) is 2. The number of nitrogens with one attached hydrogen (secondary N) is 1. The van der Waals surface area contributed by atoms with E-state index in [0.29, 0.717) is 12.1 Å². The first-order chi connectivity index (χ1) is 7.31. The molecule has 1 saturated heterocycles. The highest BCUT2D eigenvalue weighted by Gasteiger charge is 2.25. The van der Waals surface area contributed by atoms with E-state index in [1.807, 2.05) is 0 Å². The molecule has 1 aromatic rings. The van der Waals surface area contributed by atoms with Crippen LogP contribution in [0.1, 0.15) is 30.0 Å². The van der Waals surface area contributed by atoms with Crippen molar-refractivity contribution < 1.29 is 4.74 Å². The van der Waals surface area contributed by atoms with Gasteiger partial charge in [0.2, 0.25) is 0 Å². The Kier molecular flexibility index (Phi) is 3.39. The lowest BCUT2D eigenvalue weighted by atomic mass is 10.0. The van der Waals surface area contributed by atoms with Crippen LogP contribution in [0.15, 0.2) is 24.3 Å².